The average molecular weight is 282 g/mol. The molecule has 2 rings (SSSR count). The first-order valence-corrected chi connectivity index (χ1v) is 6.33. The number of para-hydroxylation sites is 1. The summed E-state index contributed by atoms with van der Waals surface area (Å²) < 4.78 is 5.81. The minimum absolute atomic E-state index is 0.383. The van der Waals surface area contributed by atoms with Crippen molar-refractivity contribution in [1.29, 1.82) is 0 Å². The summed E-state index contributed by atoms with van der Waals surface area (Å²) in [6, 6.07) is 9.57. The zero-order chi connectivity index (χ0) is 13.1. The molecular weight excluding hydrogens is 269 g/mol. The Labute approximate surface area is 117 Å². The summed E-state index contributed by atoms with van der Waals surface area (Å²) in [6.45, 7) is 4.42. The van der Waals surface area contributed by atoms with Crippen LogP contribution in [0.2, 0.25) is 10.3 Å². The van der Waals surface area contributed by atoms with E-state index in [9.17, 15) is 0 Å². The number of ether oxygens (including phenoxy) is 1. The van der Waals surface area contributed by atoms with Crippen LogP contribution in [0.1, 0.15) is 16.7 Å². The molecule has 94 valence electrons. The van der Waals surface area contributed by atoms with Crippen molar-refractivity contribution in [3.8, 4) is 5.75 Å². The lowest BCUT2D eigenvalue weighted by Crippen LogP contribution is -2.00. The van der Waals surface area contributed by atoms with Crippen LogP contribution in [0.3, 0.4) is 0 Å². The van der Waals surface area contributed by atoms with Crippen LogP contribution in [0.15, 0.2) is 30.3 Å². The second kappa shape index (κ2) is 5.59. The Hall–Kier alpha value is -1.25. The Balaban J connectivity index is 2.16. The minimum atomic E-state index is 0.383. The van der Waals surface area contributed by atoms with E-state index in [-0.39, 0.29) is 0 Å². The summed E-state index contributed by atoms with van der Waals surface area (Å²) in [5.41, 5.74) is 3.03. The quantitative estimate of drug-likeness (QED) is 0.768. The highest BCUT2D eigenvalue weighted by Crippen LogP contribution is 2.25. The fourth-order valence-corrected chi connectivity index (χ4v) is 2.12. The molecule has 0 atom stereocenters. The van der Waals surface area contributed by atoms with Crippen molar-refractivity contribution in [2.45, 2.75) is 20.5 Å². The molecule has 0 aliphatic rings. The Bertz CT molecular complexity index is 549. The number of rotatable bonds is 3. The van der Waals surface area contributed by atoms with Crippen LogP contribution in [-0.4, -0.2) is 4.98 Å². The van der Waals surface area contributed by atoms with Crippen molar-refractivity contribution >= 4 is 23.2 Å². The normalized spacial score (nSPS) is 10.4. The molecule has 1 heterocycles. The number of hydrogen-bond donors (Lipinski definition) is 0. The van der Waals surface area contributed by atoms with Crippen molar-refractivity contribution in [3.05, 3.63) is 57.3 Å². The van der Waals surface area contributed by atoms with E-state index in [2.05, 4.69) is 4.98 Å². The van der Waals surface area contributed by atoms with Crippen LogP contribution >= 0.6 is 23.2 Å². The summed E-state index contributed by atoms with van der Waals surface area (Å²) in [5.74, 6) is 0.892. The molecule has 18 heavy (non-hydrogen) atoms. The molecule has 0 radical (unpaired) electrons. The maximum Gasteiger partial charge on any atom is 0.137 e. The Morgan fingerprint density at radius 1 is 1.06 bits per heavy atom. The first kappa shape index (κ1) is 13.2. The highest BCUT2D eigenvalue weighted by molar-refractivity contribution is 6.32. The van der Waals surface area contributed by atoms with Gasteiger partial charge in [0.25, 0.3) is 0 Å². The standard InChI is InChI=1S/C14H13Cl2NO/c1-9-4-3-5-10(2)13(9)18-8-11-6-7-12(15)17-14(11)16/h3-7H,8H2,1-2H3. The van der Waals surface area contributed by atoms with E-state index in [4.69, 9.17) is 27.9 Å². The fraction of sp³-hybridized carbons (Fsp3) is 0.214. The number of aromatic nitrogens is 1. The summed E-state index contributed by atoms with van der Waals surface area (Å²) in [4.78, 5) is 3.98. The zero-order valence-electron chi connectivity index (χ0n) is 10.2. The van der Waals surface area contributed by atoms with Gasteiger partial charge in [-0.3, -0.25) is 0 Å². The summed E-state index contributed by atoms with van der Waals surface area (Å²) in [6.07, 6.45) is 0. The second-order valence-corrected chi connectivity index (χ2v) is 4.84. The van der Waals surface area contributed by atoms with Gasteiger partial charge in [-0.2, -0.15) is 0 Å². The van der Waals surface area contributed by atoms with Gasteiger partial charge in [0.15, 0.2) is 0 Å². The first-order valence-electron chi connectivity index (χ1n) is 5.58. The molecule has 0 N–H and O–H groups in total. The van der Waals surface area contributed by atoms with E-state index in [1.54, 1.807) is 6.07 Å². The van der Waals surface area contributed by atoms with Crippen LogP contribution in [-0.2, 0) is 6.61 Å². The molecule has 0 fully saturated rings. The minimum Gasteiger partial charge on any atom is -0.488 e. The van der Waals surface area contributed by atoms with Crippen molar-refractivity contribution in [1.82, 2.24) is 4.98 Å². The molecule has 4 heteroatoms. The van der Waals surface area contributed by atoms with E-state index >= 15 is 0 Å². The third kappa shape index (κ3) is 2.95. The molecule has 0 aliphatic carbocycles. The molecular formula is C14H13Cl2NO. The van der Waals surface area contributed by atoms with Crippen molar-refractivity contribution in [2.75, 3.05) is 0 Å². The van der Waals surface area contributed by atoms with Crippen LogP contribution in [0.4, 0.5) is 0 Å². The SMILES string of the molecule is Cc1cccc(C)c1OCc1ccc(Cl)nc1Cl. The predicted molar refractivity (Wildman–Crippen MR) is 74.5 cm³/mol. The van der Waals surface area contributed by atoms with Gasteiger partial charge in [0.1, 0.15) is 22.7 Å². The van der Waals surface area contributed by atoms with Gasteiger partial charge in [0, 0.05) is 5.56 Å². The van der Waals surface area contributed by atoms with E-state index in [1.807, 2.05) is 38.1 Å². The van der Waals surface area contributed by atoms with Gasteiger partial charge in [-0.1, -0.05) is 41.4 Å². The molecule has 0 saturated carbocycles. The summed E-state index contributed by atoms with van der Waals surface area (Å²) in [5, 5.41) is 0.768. The van der Waals surface area contributed by atoms with Gasteiger partial charge in [-0.25, -0.2) is 4.98 Å². The first-order chi connectivity index (χ1) is 8.58. The number of nitrogens with zero attached hydrogens (tertiary/aromatic N) is 1. The molecule has 0 spiro atoms. The van der Waals surface area contributed by atoms with Crippen LogP contribution in [0.5, 0.6) is 5.75 Å². The average Bonchev–Trinajstić information content (AvgIpc) is 2.31. The summed E-state index contributed by atoms with van der Waals surface area (Å²) in [7, 11) is 0. The molecule has 0 unspecified atom stereocenters. The Morgan fingerprint density at radius 2 is 1.72 bits per heavy atom. The van der Waals surface area contributed by atoms with Crippen molar-refractivity contribution in [3.63, 3.8) is 0 Å². The maximum absolute atomic E-state index is 6.00. The second-order valence-electron chi connectivity index (χ2n) is 4.09. The van der Waals surface area contributed by atoms with E-state index in [0.717, 1.165) is 22.4 Å². The zero-order valence-corrected chi connectivity index (χ0v) is 11.7. The van der Waals surface area contributed by atoms with Crippen LogP contribution in [0.25, 0.3) is 0 Å². The Morgan fingerprint density at radius 3 is 2.33 bits per heavy atom. The van der Waals surface area contributed by atoms with E-state index < -0.39 is 0 Å². The molecule has 1 aromatic heterocycles. The van der Waals surface area contributed by atoms with Gasteiger partial charge in [-0.05, 0) is 37.1 Å². The number of aryl methyl sites for hydroxylation is 2. The largest absolute Gasteiger partial charge is 0.488 e. The van der Waals surface area contributed by atoms with Crippen LogP contribution in [0, 0.1) is 13.8 Å². The predicted octanol–water partition coefficient (Wildman–Crippen LogP) is 4.58. The van der Waals surface area contributed by atoms with Gasteiger partial charge in [0.2, 0.25) is 0 Å². The van der Waals surface area contributed by atoms with Gasteiger partial charge in [0.05, 0.1) is 0 Å². The van der Waals surface area contributed by atoms with E-state index in [1.165, 1.54) is 0 Å². The third-order valence-corrected chi connectivity index (χ3v) is 3.21. The molecule has 2 nitrogen and oxygen atoms in total. The van der Waals surface area contributed by atoms with Gasteiger partial charge in [-0.15, -0.1) is 0 Å². The lowest BCUT2D eigenvalue weighted by atomic mass is 10.1. The third-order valence-electron chi connectivity index (χ3n) is 2.67. The number of pyridine rings is 1. The van der Waals surface area contributed by atoms with Gasteiger partial charge < -0.3 is 4.74 Å². The lowest BCUT2D eigenvalue weighted by Gasteiger charge is -2.12. The van der Waals surface area contributed by atoms with Gasteiger partial charge >= 0.3 is 0 Å². The molecule has 0 bridgehead atoms. The number of hydrogen-bond acceptors (Lipinski definition) is 2. The lowest BCUT2D eigenvalue weighted by molar-refractivity contribution is 0.301. The molecule has 1 aromatic carbocycles. The summed E-state index contributed by atoms with van der Waals surface area (Å²) >= 11 is 11.7. The number of halogens is 2. The molecule has 0 aliphatic heterocycles. The molecule has 2 aromatic rings. The fourth-order valence-electron chi connectivity index (χ4n) is 1.73. The highest BCUT2D eigenvalue weighted by atomic mass is 35.5. The number of benzene rings is 1. The van der Waals surface area contributed by atoms with Crippen LogP contribution < -0.4 is 4.74 Å². The molecule has 0 saturated heterocycles. The van der Waals surface area contributed by atoms with Crippen molar-refractivity contribution in [2.24, 2.45) is 0 Å². The highest BCUT2D eigenvalue weighted by Gasteiger charge is 2.07. The van der Waals surface area contributed by atoms with Crippen molar-refractivity contribution < 1.29 is 4.74 Å². The van der Waals surface area contributed by atoms with E-state index in [0.29, 0.717) is 16.9 Å². The molecule has 0 amide bonds. The Kier molecular flexibility index (Phi) is 4.10. The smallest absolute Gasteiger partial charge is 0.137 e. The monoisotopic (exact) mass is 281 g/mol. The topological polar surface area (TPSA) is 22.1 Å². The maximum atomic E-state index is 6.00.